The molecule has 0 saturated carbocycles. The molecule has 1 heterocycles. The van der Waals surface area contributed by atoms with Crippen molar-refractivity contribution in [2.45, 2.75) is 0 Å². The van der Waals surface area contributed by atoms with Gasteiger partial charge in [0.15, 0.2) is 6.29 Å². The number of nitrogens with one attached hydrogen (secondary N) is 1. The van der Waals surface area contributed by atoms with Crippen molar-refractivity contribution in [3.8, 4) is 0 Å². The van der Waals surface area contributed by atoms with Crippen molar-refractivity contribution in [3.63, 3.8) is 0 Å². The minimum atomic E-state index is -0.618. The average molecular weight is 198 g/mol. The Balaban J connectivity index is 2.88. The van der Waals surface area contributed by atoms with E-state index in [1.54, 1.807) is 18.2 Å². The zero-order valence-electron chi connectivity index (χ0n) is 6.47. The van der Waals surface area contributed by atoms with Crippen molar-refractivity contribution in [2.75, 3.05) is 0 Å². The van der Waals surface area contributed by atoms with E-state index < -0.39 is 5.95 Å². The maximum absolute atomic E-state index is 13.0. The highest BCUT2D eigenvalue weighted by Gasteiger charge is 2.09. The highest BCUT2D eigenvalue weighted by atomic mass is 35.5. The second kappa shape index (κ2) is 2.85. The van der Waals surface area contributed by atoms with Gasteiger partial charge in [0.2, 0.25) is 5.95 Å². The summed E-state index contributed by atoms with van der Waals surface area (Å²) in [5.41, 5.74) is 0.599. The van der Waals surface area contributed by atoms with Gasteiger partial charge in [0.25, 0.3) is 0 Å². The number of aromatic nitrogens is 1. The first kappa shape index (κ1) is 8.26. The number of rotatable bonds is 1. The van der Waals surface area contributed by atoms with Crippen molar-refractivity contribution >= 4 is 28.8 Å². The Hall–Kier alpha value is -1.35. The van der Waals surface area contributed by atoms with Crippen LogP contribution in [0.3, 0.4) is 0 Å². The number of aromatic amines is 1. The summed E-state index contributed by atoms with van der Waals surface area (Å²) in [6.45, 7) is 0. The quantitative estimate of drug-likeness (QED) is 0.701. The monoisotopic (exact) mass is 197 g/mol. The van der Waals surface area contributed by atoms with Crippen LogP contribution in [0.5, 0.6) is 0 Å². The molecule has 0 atom stereocenters. The van der Waals surface area contributed by atoms with E-state index in [9.17, 15) is 9.18 Å². The fraction of sp³-hybridized carbons (Fsp3) is 0. The molecule has 0 amide bonds. The summed E-state index contributed by atoms with van der Waals surface area (Å²) in [6, 6.07) is 4.82. The fourth-order valence-electron chi connectivity index (χ4n) is 1.27. The molecule has 4 heteroatoms. The highest BCUT2D eigenvalue weighted by molar-refractivity contribution is 6.31. The number of aldehydes is 1. The van der Waals surface area contributed by atoms with Crippen LogP contribution < -0.4 is 0 Å². The molecular weight excluding hydrogens is 193 g/mol. The molecule has 0 aliphatic carbocycles. The average Bonchev–Trinajstić information content (AvgIpc) is 2.40. The third-order valence-electron chi connectivity index (χ3n) is 1.87. The summed E-state index contributed by atoms with van der Waals surface area (Å²) in [5, 5.41) is 0.995. The maximum Gasteiger partial charge on any atom is 0.202 e. The number of fused-ring (bicyclic) bond motifs is 1. The molecule has 0 unspecified atom stereocenters. The molecule has 2 aromatic rings. The van der Waals surface area contributed by atoms with Crippen LogP contribution in [0, 0.1) is 5.95 Å². The number of halogens is 2. The van der Waals surface area contributed by atoms with E-state index in [4.69, 9.17) is 11.6 Å². The summed E-state index contributed by atoms with van der Waals surface area (Å²) in [5.74, 6) is -0.618. The molecule has 0 fully saturated rings. The van der Waals surface area contributed by atoms with E-state index in [-0.39, 0.29) is 5.56 Å². The van der Waals surface area contributed by atoms with E-state index >= 15 is 0 Å². The van der Waals surface area contributed by atoms with E-state index in [1.165, 1.54) is 0 Å². The summed E-state index contributed by atoms with van der Waals surface area (Å²) < 4.78 is 13.0. The minimum Gasteiger partial charge on any atom is -0.331 e. The molecule has 2 nitrogen and oxygen atoms in total. The highest BCUT2D eigenvalue weighted by Crippen LogP contribution is 2.23. The van der Waals surface area contributed by atoms with Crippen LogP contribution in [0.25, 0.3) is 10.9 Å². The third kappa shape index (κ3) is 1.21. The van der Waals surface area contributed by atoms with Gasteiger partial charge in [0, 0.05) is 15.9 Å². The first-order chi connectivity index (χ1) is 6.22. The molecule has 0 aliphatic rings. The maximum atomic E-state index is 13.0. The lowest BCUT2D eigenvalue weighted by Gasteiger charge is -1.90. The van der Waals surface area contributed by atoms with Crippen molar-refractivity contribution in [2.24, 2.45) is 0 Å². The van der Waals surface area contributed by atoms with Crippen molar-refractivity contribution in [1.29, 1.82) is 0 Å². The lowest BCUT2D eigenvalue weighted by Crippen LogP contribution is -1.80. The summed E-state index contributed by atoms with van der Waals surface area (Å²) in [7, 11) is 0. The van der Waals surface area contributed by atoms with Crippen molar-refractivity contribution < 1.29 is 9.18 Å². The zero-order chi connectivity index (χ0) is 9.42. The minimum absolute atomic E-state index is 0.0255. The molecule has 13 heavy (non-hydrogen) atoms. The Morgan fingerprint density at radius 1 is 1.46 bits per heavy atom. The standard InChI is InChI=1S/C9H5ClFNO/c10-5-1-2-8-6(3-5)7(4-13)9(11)12-8/h1-4,12H. The van der Waals surface area contributed by atoms with E-state index in [0.717, 1.165) is 0 Å². The van der Waals surface area contributed by atoms with Crippen LogP contribution >= 0.6 is 11.6 Å². The Morgan fingerprint density at radius 2 is 2.23 bits per heavy atom. The fourth-order valence-corrected chi connectivity index (χ4v) is 1.44. The van der Waals surface area contributed by atoms with Crippen LogP contribution in [0.15, 0.2) is 18.2 Å². The number of hydrogen-bond acceptors (Lipinski definition) is 1. The van der Waals surface area contributed by atoms with Gasteiger partial charge in [-0.15, -0.1) is 0 Å². The van der Waals surface area contributed by atoms with Crippen LogP contribution in [-0.4, -0.2) is 11.3 Å². The van der Waals surface area contributed by atoms with E-state index in [0.29, 0.717) is 22.2 Å². The molecule has 0 bridgehead atoms. The van der Waals surface area contributed by atoms with Gasteiger partial charge >= 0.3 is 0 Å². The molecule has 0 aliphatic heterocycles. The number of carbonyl (C=O) groups excluding carboxylic acids is 1. The van der Waals surface area contributed by atoms with Gasteiger partial charge in [-0.3, -0.25) is 4.79 Å². The predicted octanol–water partition coefficient (Wildman–Crippen LogP) is 2.77. The zero-order valence-corrected chi connectivity index (χ0v) is 7.23. The van der Waals surface area contributed by atoms with E-state index in [2.05, 4.69) is 4.98 Å². The van der Waals surface area contributed by atoms with Gasteiger partial charge in [0.1, 0.15) is 0 Å². The second-order valence-electron chi connectivity index (χ2n) is 2.66. The van der Waals surface area contributed by atoms with Crippen molar-refractivity contribution in [1.82, 2.24) is 4.98 Å². The molecule has 2 rings (SSSR count). The van der Waals surface area contributed by atoms with Crippen molar-refractivity contribution in [3.05, 3.63) is 34.7 Å². The molecule has 0 spiro atoms. The largest absolute Gasteiger partial charge is 0.331 e. The van der Waals surface area contributed by atoms with Gasteiger partial charge in [-0.2, -0.15) is 4.39 Å². The smallest absolute Gasteiger partial charge is 0.202 e. The summed E-state index contributed by atoms with van der Waals surface area (Å²) in [4.78, 5) is 13.0. The second-order valence-corrected chi connectivity index (χ2v) is 3.10. The Kier molecular flexibility index (Phi) is 1.81. The first-order valence-electron chi connectivity index (χ1n) is 3.64. The number of hydrogen-bond donors (Lipinski definition) is 1. The van der Waals surface area contributed by atoms with Gasteiger partial charge < -0.3 is 4.98 Å². The normalized spacial score (nSPS) is 10.6. The molecule has 1 aromatic carbocycles. The summed E-state index contributed by atoms with van der Waals surface area (Å²) >= 11 is 5.70. The Morgan fingerprint density at radius 3 is 2.92 bits per heavy atom. The molecule has 1 N–H and O–H groups in total. The Labute approximate surface area is 78.3 Å². The van der Waals surface area contributed by atoms with Gasteiger partial charge in [0.05, 0.1) is 5.56 Å². The van der Waals surface area contributed by atoms with Crippen LogP contribution in [0.4, 0.5) is 4.39 Å². The molecule has 66 valence electrons. The topological polar surface area (TPSA) is 32.9 Å². The Bertz CT molecular complexity index is 478. The van der Waals surface area contributed by atoms with Crippen LogP contribution in [0.1, 0.15) is 10.4 Å². The number of benzene rings is 1. The van der Waals surface area contributed by atoms with Gasteiger partial charge in [-0.25, -0.2) is 0 Å². The van der Waals surface area contributed by atoms with E-state index in [1.807, 2.05) is 0 Å². The summed E-state index contributed by atoms with van der Waals surface area (Å²) in [6.07, 6.45) is 0.477. The SMILES string of the molecule is O=Cc1c(F)[nH]c2ccc(Cl)cc12. The third-order valence-corrected chi connectivity index (χ3v) is 2.11. The first-order valence-corrected chi connectivity index (χ1v) is 4.02. The number of H-pyrrole nitrogens is 1. The van der Waals surface area contributed by atoms with Gasteiger partial charge in [-0.05, 0) is 18.2 Å². The molecule has 0 radical (unpaired) electrons. The van der Waals surface area contributed by atoms with Gasteiger partial charge in [-0.1, -0.05) is 11.6 Å². The number of carbonyl (C=O) groups is 1. The lowest BCUT2D eigenvalue weighted by molar-refractivity contribution is 0.112. The predicted molar refractivity (Wildman–Crippen MR) is 48.7 cm³/mol. The lowest BCUT2D eigenvalue weighted by atomic mass is 10.2. The molecular formula is C9H5ClFNO. The molecule has 0 saturated heterocycles. The van der Waals surface area contributed by atoms with Crippen LogP contribution in [0.2, 0.25) is 5.02 Å². The van der Waals surface area contributed by atoms with Crippen LogP contribution in [-0.2, 0) is 0 Å². The molecule has 1 aromatic heterocycles.